The second-order valence-corrected chi connectivity index (χ2v) is 6.19. The Morgan fingerprint density at radius 2 is 1.87 bits per heavy atom. The first-order valence-electron chi connectivity index (χ1n) is 6.62. The van der Waals surface area contributed by atoms with Crippen molar-refractivity contribution in [1.82, 2.24) is 5.43 Å². The van der Waals surface area contributed by atoms with E-state index in [2.05, 4.69) is 42.4 Å². The normalized spacial score (nSPS) is 10.6. The number of benzene rings is 2. The summed E-state index contributed by atoms with van der Waals surface area (Å²) in [6.45, 7) is -0.113. The lowest BCUT2D eigenvalue weighted by atomic mass is 10.2. The Labute approximate surface area is 150 Å². The Kier molecular flexibility index (Phi) is 6.61. The van der Waals surface area contributed by atoms with Crippen molar-refractivity contribution in [3.8, 4) is 11.5 Å². The summed E-state index contributed by atoms with van der Waals surface area (Å²) in [5.41, 5.74) is 3.20. The van der Waals surface area contributed by atoms with Crippen LogP contribution in [-0.4, -0.2) is 25.8 Å². The van der Waals surface area contributed by atoms with Crippen molar-refractivity contribution >= 4 is 44.0 Å². The first-order chi connectivity index (χ1) is 11.1. The van der Waals surface area contributed by atoms with E-state index in [4.69, 9.17) is 9.47 Å². The SMILES string of the molecule is COc1ccc(Br)c(/C=N/NC(=O)COc2ccc(Br)cc2)c1. The summed E-state index contributed by atoms with van der Waals surface area (Å²) in [6, 6.07) is 12.7. The van der Waals surface area contributed by atoms with Crippen molar-refractivity contribution in [2.24, 2.45) is 5.10 Å². The van der Waals surface area contributed by atoms with Gasteiger partial charge >= 0.3 is 0 Å². The first-order valence-corrected chi connectivity index (χ1v) is 8.21. The van der Waals surface area contributed by atoms with E-state index in [1.54, 1.807) is 25.3 Å². The van der Waals surface area contributed by atoms with Crippen molar-refractivity contribution in [3.63, 3.8) is 0 Å². The summed E-state index contributed by atoms with van der Waals surface area (Å²) in [5, 5.41) is 3.91. The molecular weight excluding hydrogens is 428 g/mol. The van der Waals surface area contributed by atoms with Gasteiger partial charge in [0, 0.05) is 14.5 Å². The molecule has 0 aliphatic rings. The number of halogens is 2. The molecule has 0 aliphatic heterocycles. The van der Waals surface area contributed by atoms with Crippen molar-refractivity contribution < 1.29 is 14.3 Å². The summed E-state index contributed by atoms with van der Waals surface area (Å²) < 4.78 is 12.3. The predicted molar refractivity (Wildman–Crippen MR) is 96.1 cm³/mol. The van der Waals surface area contributed by atoms with Gasteiger partial charge in [-0.1, -0.05) is 31.9 Å². The fourth-order valence-corrected chi connectivity index (χ4v) is 2.25. The maximum atomic E-state index is 11.7. The number of amides is 1. The maximum absolute atomic E-state index is 11.7. The lowest BCUT2D eigenvalue weighted by Crippen LogP contribution is -2.24. The molecule has 0 bridgehead atoms. The molecule has 0 heterocycles. The smallest absolute Gasteiger partial charge is 0.277 e. The first kappa shape index (κ1) is 17.5. The second kappa shape index (κ2) is 8.69. The van der Waals surface area contributed by atoms with Crippen LogP contribution in [0.3, 0.4) is 0 Å². The minimum atomic E-state index is -0.344. The Hall–Kier alpha value is -1.86. The van der Waals surface area contributed by atoms with Gasteiger partial charge in [0.1, 0.15) is 11.5 Å². The highest BCUT2D eigenvalue weighted by Gasteiger charge is 2.02. The number of nitrogens with one attached hydrogen (secondary N) is 1. The summed E-state index contributed by atoms with van der Waals surface area (Å²) in [7, 11) is 1.59. The molecule has 1 N–H and O–H groups in total. The molecule has 0 saturated carbocycles. The number of nitrogens with zero attached hydrogens (tertiary/aromatic N) is 1. The summed E-state index contributed by atoms with van der Waals surface area (Å²) >= 11 is 6.74. The van der Waals surface area contributed by atoms with Crippen molar-refractivity contribution in [2.45, 2.75) is 0 Å². The van der Waals surface area contributed by atoms with E-state index in [-0.39, 0.29) is 12.5 Å². The average molecular weight is 442 g/mol. The number of carbonyl (C=O) groups is 1. The Bertz CT molecular complexity index is 703. The molecule has 5 nitrogen and oxygen atoms in total. The van der Waals surface area contributed by atoms with Crippen molar-refractivity contribution in [1.29, 1.82) is 0 Å². The van der Waals surface area contributed by atoms with Gasteiger partial charge in [-0.05, 0) is 42.5 Å². The highest BCUT2D eigenvalue weighted by atomic mass is 79.9. The van der Waals surface area contributed by atoms with E-state index < -0.39 is 0 Å². The van der Waals surface area contributed by atoms with E-state index in [1.165, 1.54) is 6.21 Å². The molecule has 2 aromatic carbocycles. The quantitative estimate of drug-likeness (QED) is 0.548. The Balaban J connectivity index is 1.85. The van der Waals surface area contributed by atoms with Crippen LogP contribution in [0.4, 0.5) is 0 Å². The van der Waals surface area contributed by atoms with Gasteiger partial charge < -0.3 is 9.47 Å². The third-order valence-electron chi connectivity index (χ3n) is 2.78. The van der Waals surface area contributed by atoms with Crippen molar-refractivity contribution in [2.75, 3.05) is 13.7 Å². The fourth-order valence-electron chi connectivity index (χ4n) is 1.63. The number of ether oxygens (including phenoxy) is 2. The minimum absolute atomic E-state index is 0.113. The summed E-state index contributed by atoms with van der Waals surface area (Å²) in [5.74, 6) is 0.977. The molecule has 0 fully saturated rings. The molecule has 7 heteroatoms. The number of rotatable bonds is 6. The van der Waals surface area contributed by atoms with Gasteiger partial charge in [-0.3, -0.25) is 4.79 Å². The number of hydrazone groups is 1. The maximum Gasteiger partial charge on any atom is 0.277 e. The van der Waals surface area contributed by atoms with Crippen LogP contribution in [-0.2, 0) is 4.79 Å². The molecule has 0 unspecified atom stereocenters. The molecule has 0 aromatic heterocycles. The van der Waals surface area contributed by atoms with Crippen LogP contribution in [0.2, 0.25) is 0 Å². The predicted octanol–water partition coefficient (Wildman–Crippen LogP) is 3.75. The van der Waals surface area contributed by atoms with E-state index >= 15 is 0 Å². The van der Waals surface area contributed by atoms with Gasteiger partial charge in [0.15, 0.2) is 6.61 Å². The van der Waals surface area contributed by atoms with Gasteiger partial charge in [-0.2, -0.15) is 5.10 Å². The molecule has 2 rings (SSSR count). The highest BCUT2D eigenvalue weighted by Crippen LogP contribution is 2.20. The number of carbonyl (C=O) groups excluding carboxylic acids is 1. The largest absolute Gasteiger partial charge is 0.497 e. The minimum Gasteiger partial charge on any atom is -0.497 e. The Morgan fingerprint density at radius 1 is 1.17 bits per heavy atom. The lowest BCUT2D eigenvalue weighted by Gasteiger charge is -2.05. The van der Waals surface area contributed by atoms with E-state index in [0.717, 1.165) is 14.5 Å². The van der Waals surface area contributed by atoms with Crippen LogP contribution in [0.15, 0.2) is 56.5 Å². The van der Waals surface area contributed by atoms with Gasteiger partial charge in [0.05, 0.1) is 13.3 Å². The Morgan fingerprint density at radius 3 is 2.57 bits per heavy atom. The van der Waals surface area contributed by atoms with E-state index in [9.17, 15) is 4.79 Å². The zero-order valence-electron chi connectivity index (χ0n) is 12.3. The molecule has 0 radical (unpaired) electrons. The number of methoxy groups -OCH3 is 1. The summed E-state index contributed by atoms with van der Waals surface area (Å²) in [4.78, 5) is 11.7. The van der Waals surface area contributed by atoms with Crippen LogP contribution >= 0.6 is 31.9 Å². The van der Waals surface area contributed by atoms with Gasteiger partial charge in [-0.15, -0.1) is 0 Å². The standard InChI is InChI=1S/C16H14Br2N2O3/c1-22-14-6-7-15(18)11(8-14)9-19-20-16(21)10-23-13-4-2-12(17)3-5-13/h2-9H,10H2,1H3,(H,20,21)/b19-9+. The molecule has 23 heavy (non-hydrogen) atoms. The zero-order valence-corrected chi connectivity index (χ0v) is 15.4. The fraction of sp³-hybridized carbons (Fsp3) is 0.125. The van der Waals surface area contributed by atoms with E-state index in [1.807, 2.05) is 24.3 Å². The van der Waals surface area contributed by atoms with Crippen LogP contribution in [0.1, 0.15) is 5.56 Å². The number of hydrogen-bond donors (Lipinski definition) is 1. The zero-order chi connectivity index (χ0) is 16.7. The molecule has 1 amide bonds. The van der Waals surface area contributed by atoms with Gasteiger partial charge in [-0.25, -0.2) is 5.43 Å². The van der Waals surface area contributed by atoms with E-state index in [0.29, 0.717) is 11.5 Å². The van der Waals surface area contributed by atoms with Crippen LogP contribution in [0, 0.1) is 0 Å². The van der Waals surface area contributed by atoms with Crippen LogP contribution < -0.4 is 14.9 Å². The number of hydrogen-bond acceptors (Lipinski definition) is 4. The summed E-state index contributed by atoms with van der Waals surface area (Å²) in [6.07, 6.45) is 1.53. The highest BCUT2D eigenvalue weighted by molar-refractivity contribution is 9.10. The molecule has 120 valence electrons. The van der Waals surface area contributed by atoms with Gasteiger partial charge in [0.2, 0.25) is 0 Å². The van der Waals surface area contributed by atoms with Crippen LogP contribution in [0.5, 0.6) is 11.5 Å². The average Bonchev–Trinajstić information content (AvgIpc) is 2.56. The molecule has 0 saturated heterocycles. The second-order valence-electron chi connectivity index (χ2n) is 4.42. The lowest BCUT2D eigenvalue weighted by molar-refractivity contribution is -0.123. The topological polar surface area (TPSA) is 59.9 Å². The molecule has 0 spiro atoms. The van der Waals surface area contributed by atoms with Crippen molar-refractivity contribution in [3.05, 3.63) is 57.0 Å². The molecular formula is C16H14Br2N2O3. The van der Waals surface area contributed by atoms with Crippen LogP contribution in [0.25, 0.3) is 0 Å². The molecule has 0 atom stereocenters. The molecule has 0 aliphatic carbocycles. The third-order valence-corrected chi connectivity index (χ3v) is 4.03. The molecule has 2 aromatic rings. The monoisotopic (exact) mass is 440 g/mol. The van der Waals surface area contributed by atoms with Gasteiger partial charge in [0.25, 0.3) is 5.91 Å². The third kappa shape index (κ3) is 5.69.